The Morgan fingerprint density at radius 1 is 1.13 bits per heavy atom. The second-order valence-corrected chi connectivity index (χ2v) is 3.62. The van der Waals surface area contributed by atoms with Gasteiger partial charge in [0.1, 0.15) is 0 Å². The van der Waals surface area contributed by atoms with Crippen molar-refractivity contribution >= 4 is 11.4 Å². The van der Waals surface area contributed by atoms with Crippen molar-refractivity contribution in [1.29, 1.82) is 0 Å². The summed E-state index contributed by atoms with van der Waals surface area (Å²) >= 11 is 0. The molecule has 2 heteroatoms. The molecule has 0 spiro atoms. The molecule has 1 aromatic heterocycles. The third-order valence-electron chi connectivity index (χ3n) is 2.32. The summed E-state index contributed by atoms with van der Waals surface area (Å²) in [7, 11) is 0. The molecule has 0 saturated heterocycles. The lowest BCUT2D eigenvalue weighted by molar-refractivity contribution is 1.34. The highest BCUT2D eigenvalue weighted by Gasteiger charge is 1.97. The van der Waals surface area contributed by atoms with Gasteiger partial charge < -0.3 is 4.98 Å². The standard InChI is InChI=1S/C13H14N2/c1-10-5-7-12(8-6-10)15-11(2)13-4-3-9-14-13/h3-9,14H,1-2H3. The fourth-order valence-corrected chi connectivity index (χ4v) is 1.43. The zero-order chi connectivity index (χ0) is 10.7. The molecule has 0 aliphatic carbocycles. The largest absolute Gasteiger partial charge is 0.360 e. The Morgan fingerprint density at radius 3 is 2.47 bits per heavy atom. The van der Waals surface area contributed by atoms with E-state index in [1.54, 1.807) is 0 Å². The first-order chi connectivity index (χ1) is 7.25. The normalized spacial score (nSPS) is 11.7. The van der Waals surface area contributed by atoms with Crippen molar-refractivity contribution in [3.8, 4) is 0 Å². The van der Waals surface area contributed by atoms with Gasteiger partial charge in [-0.3, -0.25) is 4.99 Å². The minimum Gasteiger partial charge on any atom is -0.360 e. The Bertz CT molecular complexity index is 450. The van der Waals surface area contributed by atoms with Crippen molar-refractivity contribution in [3.05, 3.63) is 53.9 Å². The van der Waals surface area contributed by atoms with E-state index in [1.807, 2.05) is 37.4 Å². The number of aromatic nitrogens is 1. The third kappa shape index (κ3) is 2.34. The van der Waals surface area contributed by atoms with E-state index >= 15 is 0 Å². The molecule has 2 aromatic rings. The SMILES string of the molecule is CC(=Nc1ccc(C)cc1)c1ccc[nH]1. The van der Waals surface area contributed by atoms with Gasteiger partial charge >= 0.3 is 0 Å². The van der Waals surface area contributed by atoms with Gasteiger partial charge in [0, 0.05) is 6.20 Å². The van der Waals surface area contributed by atoms with Crippen LogP contribution in [-0.4, -0.2) is 10.7 Å². The molecule has 0 fully saturated rings. The van der Waals surface area contributed by atoms with E-state index in [1.165, 1.54) is 5.56 Å². The molecule has 1 N–H and O–H groups in total. The highest BCUT2D eigenvalue weighted by molar-refractivity contribution is 5.98. The first-order valence-electron chi connectivity index (χ1n) is 5.01. The summed E-state index contributed by atoms with van der Waals surface area (Å²) in [6.07, 6.45) is 1.91. The minimum absolute atomic E-state index is 0.993. The summed E-state index contributed by atoms with van der Waals surface area (Å²) in [5, 5.41) is 0. The highest BCUT2D eigenvalue weighted by atomic mass is 14.8. The second kappa shape index (κ2) is 4.13. The van der Waals surface area contributed by atoms with Crippen molar-refractivity contribution in [2.24, 2.45) is 4.99 Å². The van der Waals surface area contributed by atoms with Gasteiger partial charge in [-0.15, -0.1) is 0 Å². The number of hydrogen-bond acceptors (Lipinski definition) is 1. The summed E-state index contributed by atoms with van der Waals surface area (Å²) < 4.78 is 0. The zero-order valence-electron chi connectivity index (χ0n) is 8.99. The van der Waals surface area contributed by atoms with Gasteiger partial charge in [0.05, 0.1) is 17.1 Å². The van der Waals surface area contributed by atoms with Crippen LogP contribution in [0.5, 0.6) is 0 Å². The van der Waals surface area contributed by atoms with Crippen molar-refractivity contribution < 1.29 is 0 Å². The van der Waals surface area contributed by atoms with E-state index < -0.39 is 0 Å². The Morgan fingerprint density at radius 2 is 1.87 bits per heavy atom. The van der Waals surface area contributed by atoms with Crippen molar-refractivity contribution in [1.82, 2.24) is 4.98 Å². The van der Waals surface area contributed by atoms with Gasteiger partial charge in [0.2, 0.25) is 0 Å². The maximum atomic E-state index is 4.53. The van der Waals surface area contributed by atoms with E-state index in [0.717, 1.165) is 17.1 Å². The van der Waals surface area contributed by atoms with Crippen LogP contribution in [-0.2, 0) is 0 Å². The summed E-state index contributed by atoms with van der Waals surface area (Å²) in [6.45, 7) is 4.08. The van der Waals surface area contributed by atoms with E-state index in [4.69, 9.17) is 0 Å². The van der Waals surface area contributed by atoms with Gasteiger partial charge in [0.25, 0.3) is 0 Å². The number of nitrogens with zero attached hydrogens (tertiary/aromatic N) is 1. The number of hydrogen-bond donors (Lipinski definition) is 1. The number of aryl methyl sites for hydroxylation is 1. The molecule has 76 valence electrons. The van der Waals surface area contributed by atoms with Crippen molar-refractivity contribution in [2.75, 3.05) is 0 Å². The Labute approximate surface area is 89.7 Å². The smallest absolute Gasteiger partial charge is 0.0633 e. The van der Waals surface area contributed by atoms with Gasteiger partial charge in [-0.1, -0.05) is 17.7 Å². The molecule has 0 radical (unpaired) electrons. The number of H-pyrrole nitrogens is 1. The van der Waals surface area contributed by atoms with Gasteiger partial charge in [-0.2, -0.15) is 0 Å². The van der Waals surface area contributed by atoms with E-state index in [9.17, 15) is 0 Å². The number of rotatable bonds is 2. The predicted octanol–water partition coefficient (Wildman–Crippen LogP) is 3.46. The number of aromatic amines is 1. The Kier molecular flexibility index (Phi) is 2.68. The second-order valence-electron chi connectivity index (χ2n) is 3.62. The molecule has 0 atom stereocenters. The maximum absolute atomic E-state index is 4.53. The Hall–Kier alpha value is -1.83. The van der Waals surface area contributed by atoms with Crippen LogP contribution < -0.4 is 0 Å². The predicted molar refractivity (Wildman–Crippen MR) is 63.8 cm³/mol. The van der Waals surface area contributed by atoms with Crippen LogP contribution in [0, 0.1) is 6.92 Å². The molecule has 0 aliphatic rings. The topological polar surface area (TPSA) is 28.1 Å². The van der Waals surface area contributed by atoms with E-state index in [-0.39, 0.29) is 0 Å². The van der Waals surface area contributed by atoms with Crippen LogP contribution >= 0.6 is 0 Å². The Balaban J connectivity index is 2.27. The average Bonchev–Trinajstić information content (AvgIpc) is 2.74. The first-order valence-corrected chi connectivity index (χ1v) is 5.01. The summed E-state index contributed by atoms with van der Waals surface area (Å²) in [5.41, 5.74) is 4.32. The van der Waals surface area contributed by atoms with Gasteiger partial charge in [-0.05, 0) is 38.1 Å². The molecule has 0 unspecified atom stereocenters. The zero-order valence-corrected chi connectivity index (χ0v) is 8.99. The summed E-state index contributed by atoms with van der Waals surface area (Å²) in [5.74, 6) is 0. The van der Waals surface area contributed by atoms with Crippen LogP contribution in [0.15, 0.2) is 47.6 Å². The molecule has 0 saturated carbocycles. The van der Waals surface area contributed by atoms with Crippen LogP contribution in [0.2, 0.25) is 0 Å². The number of aliphatic imine (C=N–C) groups is 1. The molecule has 0 bridgehead atoms. The van der Waals surface area contributed by atoms with Gasteiger partial charge in [-0.25, -0.2) is 0 Å². The molecular formula is C13H14N2. The fraction of sp³-hybridized carbons (Fsp3) is 0.154. The highest BCUT2D eigenvalue weighted by Crippen LogP contribution is 2.14. The number of nitrogens with one attached hydrogen (secondary N) is 1. The lowest BCUT2D eigenvalue weighted by Crippen LogP contribution is -1.93. The quantitative estimate of drug-likeness (QED) is 0.716. The van der Waals surface area contributed by atoms with Crippen molar-refractivity contribution in [2.45, 2.75) is 13.8 Å². The minimum atomic E-state index is 0.993. The fourth-order valence-electron chi connectivity index (χ4n) is 1.43. The molecule has 15 heavy (non-hydrogen) atoms. The van der Waals surface area contributed by atoms with Crippen molar-refractivity contribution in [3.63, 3.8) is 0 Å². The maximum Gasteiger partial charge on any atom is 0.0633 e. The summed E-state index contributed by atoms with van der Waals surface area (Å²) in [4.78, 5) is 7.67. The van der Waals surface area contributed by atoms with Crippen LogP contribution in [0.25, 0.3) is 0 Å². The lowest BCUT2D eigenvalue weighted by atomic mass is 10.2. The van der Waals surface area contributed by atoms with E-state index in [0.29, 0.717) is 0 Å². The molecule has 0 aliphatic heterocycles. The molecule has 2 nitrogen and oxygen atoms in total. The number of benzene rings is 1. The lowest BCUT2D eigenvalue weighted by Gasteiger charge is -1.98. The summed E-state index contributed by atoms with van der Waals surface area (Å²) in [6, 6.07) is 12.2. The van der Waals surface area contributed by atoms with Crippen LogP contribution in [0.1, 0.15) is 18.2 Å². The van der Waals surface area contributed by atoms with Crippen LogP contribution in [0.4, 0.5) is 5.69 Å². The first kappa shape index (κ1) is 9.71. The van der Waals surface area contributed by atoms with Crippen LogP contribution in [0.3, 0.4) is 0 Å². The van der Waals surface area contributed by atoms with Gasteiger partial charge in [0.15, 0.2) is 0 Å². The van der Waals surface area contributed by atoms with E-state index in [2.05, 4.69) is 29.0 Å². The molecule has 1 heterocycles. The molecule has 1 aromatic carbocycles. The third-order valence-corrected chi connectivity index (χ3v) is 2.32. The molecular weight excluding hydrogens is 184 g/mol. The molecule has 0 amide bonds. The molecule has 2 rings (SSSR count). The monoisotopic (exact) mass is 198 g/mol. The average molecular weight is 198 g/mol.